The van der Waals surface area contributed by atoms with Gasteiger partial charge in [-0.05, 0) is 31.3 Å². The molecule has 1 heterocycles. The summed E-state index contributed by atoms with van der Waals surface area (Å²) in [6, 6.07) is 9.42. The van der Waals surface area contributed by atoms with E-state index in [1.54, 1.807) is 24.3 Å². The molecule has 0 bridgehead atoms. The lowest BCUT2D eigenvalue weighted by Gasteiger charge is -2.24. The third kappa shape index (κ3) is 4.65. The van der Waals surface area contributed by atoms with Crippen molar-refractivity contribution >= 4 is 53.1 Å². The standard InChI is InChI=1S/C23H25Cl2N3O3.ClH/c1-3-27(4-2)11-7-8-12-28-19-14-15(21(26)29)13-18(25)20(19)23(31,22(28)30)16-9-5-6-10-17(16)24;/h5-10,13-14,31H,3-4,11-12H2,1-2H3,(H2,26,29);1H. The Kier molecular flexibility index (Phi) is 8.74. The number of hydrogen-bond donors (Lipinski definition) is 2. The minimum atomic E-state index is -2.08. The molecule has 2 amide bonds. The minimum Gasteiger partial charge on any atom is -0.372 e. The highest BCUT2D eigenvalue weighted by atomic mass is 35.5. The zero-order valence-corrected chi connectivity index (χ0v) is 20.2. The Morgan fingerprint density at radius 1 is 1.16 bits per heavy atom. The molecule has 0 aliphatic carbocycles. The van der Waals surface area contributed by atoms with E-state index in [0.717, 1.165) is 19.6 Å². The molecule has 0 aromatic heterocycles. The van der Waals surface area contributed by atoms with Gasteiger partial charge in [0, 0.05) is 34.8 Å². The van der Waals surface area contributed by atoms with Gasteiger partial charge in [0.15, 0.2) is 5.60 Å². The number of carbonyl (C=O) groups excluding carboxylic acids is 2. The van der Waals surface area contributed by atoms with E-state index in [4.69, 9.17) is 28.9 Å². The molecule has 0 spiro atoms. The number of benzene rings is 2. The first kappa shape index (κ1) is 26.2. The number of amides is 2. The van der Waals surface area contributed by atoms with Gasteiger partial charge in [-0.15, -0.1) is 12.4 Å². The van der Waals surface area contributed by atoms with Gasteiger partial charge in [-0.2, -0.15) is 0 Å². The Bertz CT molecular complexity index is 1040. The lowest BCUT2D eigenvalue weighted by atomic mass is 9.87. The lowest BCUT2D eigenvalue weighted by molar-refractivity contribution is -0.132. The smallest absolute Gasteiger partial charge is 0.268 e. The summed E-state index contributed by atoms with van der Waals surface area (Å²) in [6.07, 6.45) is 3.82. The van der Waals surface area contributed by atoms with Crippen molar-refractivity contribution in [3.05, 3.63) is 75.3 Å². The molecule has 1 unspecified atom stereocenters. The summed E-state index contributed by atoms with van der Waals surface area (Å²) in [4.78, 5) is 28.9. The number of rotatable bonds is 8. The van der Waals surface area contributed by atoms with Crippen LogP contribution in [0.15, 0.2) is 48.6 Å². The van der Waals surface area contributed by atoms with Crippen molar-refractivity contribution < 1.29 is 14.7 Å². The topological polar surface area (TPSA) is 86.9 Å². The number of primary amides is 1. The highest BCUT2D eigenvalue weighted by molar-refractivity contribution is 6.35. The van der Waals surface area contributed by atoms with Crippen LogP contribution in [0.2, 0.25) is 10.0 Å². The molecule has 0 radical (unpaired) electrons. The number of anilines is 1. The van der Waals surface area contributed by atoms with Crippen molar-refractivity contribution in [3.8, 4) is 0 Å². The molecule has 6 nitrogen and oxygen atoms in total. The van der Waals surface area contributed by atoms with Crippen molar-refractivity contribution in [2.45, 2.75) is 19.4 Å². The summed E-state index contributed by atoms with van der Waals surface area (Å²) in [5.41, 5.74) is 4.27. The second-order valence-corrected chi connectivity index (χ2v) is 8.09. The number of hydrogen-bond acceptors (Lipinski definition) is 4. The quantitative estimate of drug-likeness (QED) is 0.539. The van der Waals surface area contributed by atoms with Crippen LogP contribution < -0.4 is 10.6 Å². The summed E-state index contributed by atoms with van der Waals surface area (Å²) >= 11 is 12.8. The molecule has 3 rings (SSSR count). The van der Waals surface area contributed by atoms with Gasteiger partial charge in [0.25, 0.3) is 5.91 Å². The maximum absolute atomic E-state index is 13.5. The fourth-order valence-electron chi connectivity index (χ4n) is 3.79. The fourth-order valence-corrected chi connectivity index (χ4v) is 4.41. The van der Waals surface area contributed by atoms with Gasteiger partial charge in [-0.25, -0.2) is 0 Å². The Labute approximate surface area is 204 Å². The summed E-state index contributed by atoms with van der Waals surface area (Å²) in [5, 5.41) is 12.0. The van der Waals surface area contributed by atoms with Crippen LogP contribution in [0.5, 0.6) is 0 Å². The molecular weight excluding hydrogens is 473 g/mol. The van der Waals surface area contributed by atoms with Crippen molar-refractivity contribution in [1.82, 2.24) is 4.90 Å². The maximum Gasteiger partial charge on any atom is 0.268 e. The average molecular weight is 499 g/mol. The van der Waals surface area contributed by atoms with E-state index in [2.05, 4.69) is 18.7 Å². The highest BCUT2D eigenvalue weighted by Gasteiger charge is 2.53. The molecular formula is C23H26Cl3N3O3. The summed E-state index contributed by atoms with van der Waals surface area (Å²) in [7, 11) is 0. The van der Waals surface area contributed by atoms with Gasteiger partial charge in [0.05, 0.1) is 10.7 Å². The molecule has 0 fully saturated rings. The predicted molar refractivity (Wildman–Crippen MR) is 131 cm³/mol. The first-order valence-corrected chi connectivity index (χ1v) is 10.8. The monoisotopic (exact) mass is 497 g/mol. The summed E-state index contributed by atoms with van der Waals surface area (Å²) < 4.78 is 0. The Morgan fingerprint density at radius 2 is 1.81 bits per heavy atom. The molecule has 1 aliphatic heterocycles. The molecule has 172 valence electrons. The highest BCUT2D eigenvalue weighted by Crippen LogP contribution is 2.49. The number of carbonyl (C=O) groups is 2. The number of nitrogens with two attached hydrogens (primary N) is 1. The molecule has 0 saturated heterocycles. The van der Waals surface area contributed by atoms with Gasteiger partial charge in [0.1, 0.15) is 0 Å². The largest absolute Gasteiger partial charge is 0.372 e. The van der Waals surface area contributed by atoms with Crippen molar-refractivity contribution in [1.29, 1.82) is 0 Å². The summed E-state index contributed by atoms with van der Waals surface area (Å²) in [5.74, 6) is -1.27. The van der Waals surface area contributed by atoms with E-state index in [9.17, 15) is 14.7 Å². The van der Waals surface area contributed by atoms with Gasteiger partial charge < -0.3 is 20.6 Å². The van der Waals surface area contributed by atoms with Crippen LogP contribution in [0.1, 0.15) is 35.3 Å². The zero-order chi connectivity index (χ0) is 22.8. The SMILES string of the molecule is CCN(CC)CC=CCN1C(=O)C(O)(c2ccccc2Cl)c2c(Cl)cc(C(N)=O)cc21.Cl. The van der Waals surface area contributed by atoms with E-state index >= 15 is 0 Å². The molecule has 3 N–H and O–H groups in total. The van der Waals surface area contributed by atoms with E-state index in [-0.39, 0.29) is 45.7 Å². The number of likely N-dealkylation sites (N-methyl/N-ethyl adjacent to an activating group) is 1. The predicted octanol–water partition coefficient (Wildman–Crippen LogP) is 3.99. The van der Waals surface area contributed by atoms with Gasteiger partial charge >= 0.3 is 0 Å². The van der Waals surface area contributed by atoms with Crippen LogP contribution in [0.4, 0.5) is 5.69 Å². The van der Waals surface area contributed by atoms with Crippen molar-refractivity contribution in [3.63, 3.8) is 0 Å². The molecule has 2 aromatic rings. The number of aliphatic hydroxyl groups is 1. The van der Waals surface area contributed by atoms with E-state index < -0.39 is 17.4 Å². The van der Waals surface area contributed by atoms with Crippen LogP contribution in [-0.4, -0.2) is 48.0 Å². The Hall–Kier alpha value is -2.09. The first-order valence-electron chi connectivity index (χ1n) is 10.1. The molecule has 1 atom stereocenters. The van der Waals surface area contributed by atoms with Crippen molar-refractivity contribution in [2.24, 2.45) is 5.73 Å². The van der Waals surface area contributed by atoms with Crippen LogP contribution >= 0.6 is 35.6 Å². The third-order valence-corrected chi connectivity index (χ3v) is 6.17. The van der Waals surface area contributed by atoms with Gasteiger partial charge in [-0.1, -0.05) is 67.4 Å². The fraction of sp³-hybridized carbons (Fsp3) is 0.304. The van der Waals surface area contributed by atoms with E-state index in [1.165, 1.54) is 17.0 Å². The van der Waals surface area contributed by atoms with Crippen LogP contribution in [-0.2, 0) is 10.4 Å². The third-order valence-electron chi connectivity index (χ3n) is 5.54. The second-order valence-electron chi connectivity index (χ2n) is 7.28. The maximum atomic E-state index is 13.5. The van der Waals surface area contributed by atoms with Crippen LogP contribution in [0, 0.1) is 0 Å². The average Bonchev–Trinajstić information content (AvgIpc) is 2.96. The van der Waals surface area contributed by atoms with Gasteiger partial charge in [0.2, 0.25) is 5.91 Å². The van der Waals surface area contributed by atoms with E-state index in [1.807, 2.05) is 12.2 Å². The second kappa shape index (κ2) is 10.7. The molecule has 32 heavy (non-hydrogen) atoms. The zero-order valence-electron chi connectivity index (χ0n) is 17.8. The van der Waals surface area contributed by atoms with Crippen molar-refractivity contribution in [2.75, 3.05) is 31.1 Å². The molecule has 2 aromatic carbocycles. The lowest BCUT2D eigenvalue weighted by Crippen LogP contribution is -2.41. The van der Waals surface area contributed by atoms with Crippen LogP contribution in [0.3, 0.4) is 0 Å². The van der Waals surface area contributed by atoms with Gasteiger partial charge in [-0.3, -0.25) is 9.59 Å². The molecule has 0 saturated carbocycles. The number of fused-ring (bicyclic) bond motifs is 1. The first-order chi connectivity index (χ1) is 14.7. The molecule has 1 aliphatic rings. The van der Waals surface area contributed by atoms with Crippen LogP contribution in [0.25, 0.3) is 0 Å². The van der Waals surface area contributed by atoms with E-state index in [0.29, 0.717) is 5.69 Å². The minimum absolute atomic E-state index is 0. The molecule has 9 heteroatoms. The number of nitrogens with zero attached hydrogens (tertiary/aromatic N) is 2. The normalized spacial score (nSPS) is 17.7. The Morgan fingerprint density at radius 3 is 2.41 bits per heavy atom. The summed E-state index contributed by atoms with van der Waals surface area (Å²) in [6.45, 7) is 6.91. The Balaban J connectivity index is 0.00000363. The number of halogens is 3.